The van der Waals surface area contributed by atoms with Gasteiger partial charge in [-0.3, -0.25) is 14.5 Å². The summed E-state index contributed by atoms with van der Waals surface area (Å²) in [7, 11) is 0. The lowest BCUT2D eigenvalue weighted by molar-refractivity contribution is -0.140. The van der Waals surface area contributed by atoms with Crippen LogP contribution in [0.2, 0.25) is 10.0 Å². The first kappa shape index (κ1) is 27.2. The lowest BCUT2D eigenvalue weighted by atomic mass is 9.94. The van der Waals surface area contributed by atoms with Crippen LogP contribution >= 0.6 is 23.2 Å². The molecule has 2 aliphatic rings. The van der Waals surface area contributed by atoms with Crippen molar-refractivity contribution in [1.82, 2.24) is 14.8 Å². The molecular formula is C26H29Cl2N3O6. The molecule has 1 unspecified atom stereocenters. The van der Waals surface area contributed by atoms with Crippen molar-refractivity contribution in [2.45, 2.75) is 26.8 Å². The van der Waals surface area contributed by atoms with Gasteiger partial charge in [-0.05, 0) is 44.0 Å². The molecule has 0 aliphatic carbocycles. The van der Waals surface area contributed by atoms with Gasteiger partial charge < -0.3 is 24.5 Å². The number of aliphatic hydroxyl groups excluding tert-OH is 1. The minimum atomic E-state index is -0.893. The zero-order valence-electron chi connectivity index (χ0n) is 20.9. The van der Waals surface area contributed by atoms with Crippen LogP contribution in [0.25, 0.3) is 5.76 Å². The average molecular weight is 550 g/mol. The number of likely N-dealkylation sites (tertiary alicyclic amines) is 1. The van der Waals surface area contributed by atoms with Crippen LogP contribution in [0, 0.1) is 13.8 Å². The van der Waals surface area contributed by atoms with Crippen LogP contribution in [-0.4, -0.2) is 83.5 Å². The standard InChI is InChI=1S/C26H29Cl2N3O6/c1-4-37-26(35)21-14(2)19(15(3)29-21)23(32)20-22(16-5-6-17(27)18(28)13-16)31(25(34)24(20)33)8-7-30-9-11-36-12-10-30/h5-6,13,22,29,32H,4,7-12H2,1-3H3/b23-20+. The molecule has 1 amide bonds. The quantitative estimate of drug-likeness (QED) is 0.233. The Hall–Kier alpha value is -2.85. The van der Waals surface area contributed by atoms with E-state index in [1.807, 2.05) is 0 Å². The summed E-state index contributed by atoms with van der Waals surface area (Å²) in [6, 6.07) is 3.97. The number of hydrogen-bond donors (Lipinski definition) is 2. The minimum Gasteiger partial charge on any atom is -0.507 e. The maximum absolute atomic E-state index is 13.4. The predicted octanol–water partition coefficient (Wildman–Crippen LogP) is 3.87. The molecule has 1 aromatic heterocycles. The van der Waals surface area contributed by atoms with Crippen LogP contribution in [0.4, 0.5) is 0 Å². The van der Waals surface area contributed by atoms with E-state index < -0.39 is 23.7 Å². The fourth-order valence-electron chi connectivity index (χ4n) is 4.86. The Bertz CT molecular complexity index is 1270. The average Bonchev–Trinajstić information content (AvgIpc) is 3.32. The number of ketones is 1. The SMILES string of the molecule is CCOC(=O)c1[nH]c(C)c(/C(O)=C2\C(=O)C(=O)N(CCN3CCOCC3)C2c2ccc(Cl)c(Cl)c2)c1C. The number of benzene rings is 1. The van der Waals surface area contributed by atoms with Gasteiger partial charge in [0, 0.05) is 37.4 Å². The van der Waals surface area contributed by atoms with Gasteiger partial charge >= 0.3 is 5.97 Å². The number of carbonyl (C=O) groups is 3. The fraction of sp³-hybridized carbons (Fsp3) is 0.423. The highest BCUT2D eigenvalue weighted by atomic mass is 35.5. The molecule has 0 spiro atoms. The molecule has 4 rings (SSSR count). The van der Waals surface area contributed by atoms with Gasteiger partial charge in [0.15, 0.2) is 0 Å². The Morgan fingerprint density at radius 2 is 1.86 bits per heavy atom. The number of esters is 1. The van der Waals surface area contributed by atoms with E-state index in [1.54, 1.807) is 39.0 Å². The first-order valence-corrected chi connectivity index (χ1v) is 12.8. The van der Waals surface area contributed by atoms with E-state index in [-0.39, 0.29) is 40.8 Å². The third-order valence-corrected chi connectivity index (χ3v) is 7.45. The molecule has 0 saturated carbocycles. The van der Waals surface area contributed by atoms with Crippen LogP contribution in [0.5, 0.6) is 0 Å². The summed E-state index contributed by atoms with van der Waals surface area (Å²) in [5, 5.41) is 12.1. The van der Waals surface area contributed by atoms with Crippen LogP contribution in [0.3, 0.4) is 0 Å². The van der Waals surface area contributed by atoms with Gasteiger partial charge in [-0.1, -0.05) is 29.3 Å². The van der Waals surface area contributed by atoms with Gasteiger partial charge in [0.2, 0.25) is 0 Å². The zero-order valence-corrected chi connectivity index (χ0v) is 22.4. The summed E-state index contributed by atoms with van der Waals surface area (Å²) in [6.45, 7) is 8.63. The van der Waals surface area contributed by atoms with Crippen molar-refractivity contribution in [1.29, 1.82) is 0 Å². The normalized spacial score (nSPS) is 20.0. The van der Waals surface area contributed by atoms with E-state index in [0.29, 0.717) is 41.6 Å². The first-order chi connectivity index (χ1) is 17.6. The number of halogens is 2. The zero-order chi connectivity index (χ0) is 26.9. The highest BCUT2D eigenvalue weighted by molar-refractivity contribution is 6.47. The molecule has 0 radical (unpaired) electrons. The maximum atomic E-state index is 13.4. The number of nitrogens with zero attached hydrogens (tertiary/aromatic N) is 2. The Labute approximate surface area is 224 Å². The molecule has 2 fully saturated rings. The van der Waals surface area contributed by atoms with E-state index in [9.17, 15) is 19.5 Å². The number of rotatable bonds is 7. The first-order valence-electron chi connectivity index (χ1n) is 12.1. The molecule has 2 aliphatic heterocycles. The third kappa shape index (κ3) is 5.27. The van der Waals surface area contributed by atoms with E-state index in [0.717, 1.165) is 13.1 Å². The molecule has 11 heteroatoms. The summed E-state index contributed by atoms with van der Waals surface area (Å²) in [6.07, 6.45) is 0. The second-order valence-corrected chi connectivity index (χ2v) is 9.78. The van der Waals surface area contributed by atoms with Crippen molar-refractivity contribution in [2.24, 2.45) is 0 Å². The molecule has 9 nitrogen and oxygen atoms in total. The van der Waals surface area contributed by atoms with Crippen molar-refractivity contribution in [2.75, 3.05) is 46.0 Å². The number of nitrogens with one attached hydrogen (secondary N) is 1. The van der Waals surface area contributed by atoms with E-state index in [1.165, 1.54) is 4.90 Å². The van der Waals surface area contributed by atoms with Gasteiger partial charge in [-0.2, -0.15) is 0 Å². The van der Waals surface area contributed by atoms with Crippen LogP contribution in [-0.2, 0) is 19.1 Å². The van der Waals surface area contributed by atoms with E-state index >= 15 is 0 Å². The lowest BCUT2D eigenvalue weighted by Gasteiger charge is -2.31. The molecule has 2 N–H and O–H groups in total. The molecule has 198 valence electrons. The van der Waals surface area contributed by atoms with Gasteiger partial charge in [0.1, 0.15) is 11.5 Å². The van der Waals surface area contributed by atoms with Crippen molar-refractivity contribution in [3.8, 4) is 0 Å². The number of morpholine rings is 1. The van der Waals surface area contributed by atoms with Gasteiger partial charge in [0.25, 0.3) is 11.7 Å². The number of ether oxygens (including phenoxy) is 2. The van der Waals surface area contributed by atoms with Crippen molar-refractivity contribution >= 4 is 46.6 Å². The fourth-order valence-corrected chi connectivity index (χ4v) is 5.17. The number of Topliss-reactive ketones (excluding diaryl/α,β-unsaturated/α-hetero) is 1. The largest absolute Gasteiger partial charge is 0.507 e. The molecule has 3 heterocycles. The highest BCUT2D eigenvalue weighted by Crippen LogP contribution is 2.42. The number of aliphatic hydroxyl groups is 1. The number of hydrogen-bond acceptors (Lipinski definition) is 7. The minimum absolute atomic E-state index is 0.0778. The monoisotopic (exact) mass is 549 g/mol. The summed E-state index contributed by atoms with van der Waals surface area (Å²) in [4.78, 5) is 45.6. The maximum Gasteiger partial charge on any atom is 0.355 e. The summed E-state index contributed by atoms with van der Waals surface area (Å²) in [5.41, 5.74) is 1.79. The predicted molar refractivity (Wildman–Crippen MR) is 139 cm³/mol. The van der Waals surface area contributed by atoms with Crippen LogP contribution in [0.1, 0.15) is 45.8 Å². The number of aryl methyl sites for hydroxylation is 1. The van der Waals surface area contributed by atoms with Gasteiger partial charge in [-0.25, -0.2) is 4.79 Å². The van der Waals surface area contributed by atoms with Gasteiger partial charge in [-0.15, -0.1) is 0 Å². The molecule has 37 heavy (non-hydrogen) atoms. The number of amides is 1. The smallest absolute Gasteiger partial charge is 0.355 e. The second kappa shape index (κ2) is 11.3. The Morgan fingerprint density at radius 3 is 2.51 bits per heavy atom. The highest BCUT2D eigenvalue weighted by Gasteiger charge is 2.46. The third-order valence-electron chi connectivity index (χ3n) is 6.71. The number of aromatic nitrogens is 1. The number of H-pyrrole nitrogens is 1. The Balaban J connectivity index is 1.81. The summed E-state index contributed by atoms with van der Waals surface area (Å²) >= 11 is 12.4. The molecule has 2 saturated heterocycles. The van der Waals surface area contributed by atoms with Crippen LogP contribution < -0.4 is 0 Å². The van der Waals surface area contributed by atoms with Crippen LogP contribution in [0.15, 0.2) is 23.8 Å². The topological polar surface area (TPSA) is 112 Å². The van der Waals surface area contributed by atoms with E-state index in [2.05, 4.69) is 9.88 Å². The number of aromatic amines is 1. The Kier molecular flexibility index (Phi) is 8.28. The van der Waals surface area contributed by atoms with Crippen molar-refractivity contribution < 1.29 is 29.0 Å². The molecule has 2 aromatic rings. The van der Waals surface area contributed by atoms with Crippen molar-refractivity contribution in [3.05, 3.63) is 61.9 Å². The van der Waals surface area contributed by atoms with Gasteiger partial charge in [0.05, 0.1) is 41.5 Å². The molecule has 1 aromatic carbocycles. The summed E-state index contributed by atoms with van der Waals surface area (Å²) < 4.78 is 10.5. The lowest BCUT2D eigenvalue weighted by Crippen LogP contribution is -2.42. The Morgan fingerprint density at radius 1 is 1.16 bits per heavy atom. The summed E-state index contributed by atoms with van der Waals surface area (Å²) in [5.74, 6) is -2.48. The second-order valence-electron chi connectivity index (χ2n) is 8.97. The molecule has 1 atom stereocenters. The van der Waals surface area contributed by atoms with E-state index in [4.69, 9.17) is 32.7 Å². The number of carbonyl (C=O) groups excluding carboxylic acids is 3. The van der Waals surface area contributed by atoms with Crippen molar-refractivity contribution in [3.63, 3.8) is 0 Å². The molecule has 0 bridgehead atoms. The molecular weight excluding hydrogens is 521 g/mol.